The van der Waals surface area contributed by atoms with E-state index in [4.69, 9.17) is 15.1 Å². The van der Waals surface area contributed by atoms with Crippen molar-refractivity contribution in [2.45, 2.75) is 19.3 Å². The van der Waals surface area contributed by atoms with E-state index >= 15 is 0 Å². The number of carbonyl (C=O) groups is 1. The zero-order valence-electron chi connectivity index (χ0n) is 12.5. The number of nitrogens with one attached hydrogen (secondary N) is 1. The molecule has 0 aliphatic rings. The predicted octanol–water partition coefficient (Wildman–Crippen LogP) is 1.57. The first-order chi connectivity index (χ1) is 8.99. The summed E-state index contributed by atoms with van der Waals surface area (Å²) in [5.41, 5.74) is 4.00. The minimum atomic E-state index is -2.72. The standard InChI is InChI=1S/C12H14FN3O/c1-12(2,6-14)8-5-4-7(11(17)16-3)9(13)10(8)15/h4-5H,15H2,1-3H3,(H,16,17)/i3D3. The Bertz CT molecular complexity index is 591. The molecule has 0 atom stereocenters. The van der Waals surface area contributed by atoms with Crippen molar-refractivity contribution in [1.29, 1.82) is 5.26 Å². The maximum atomic E-state index is 14.1. The van der Waals surface area contributed by atoms with Gasteiger partial charge in [0.2, 0.25) is 0 Å². The summed E-state index contributed by atoms with van der Waals surface area (Å²) in [6, 6.07) is 4.43. The molecular weight excluding hydrogens is 221 g/mol. The Kier molecular flexibility index (Phi) is 2.34. The van der Waals surface area contributed by atoms with E-state index in [0.717, 1.165) is 6.07 Å². The van der Waals surface area contributed by atoms with E-state index in [2.05, 4.69) is 0 Å². The van der Waals surface area contributed by atoms with Crippen LogP contribution in [0.4, 0.5) is 10.1 Å². The molecule has 0 fully saturated rings. The highest BCUT2D eigenvalue weighted by Gasteiger charge is 2.26. The Morgan fingerprint density at radius 2 is 2.29 bits per heavy atom. The highest BCUT2D eigenvalue weighted by Crippen LogP contribution is 2.30. The van der Waals surface area contributed by atoms with Crippen LogP contribution in [0.15, 0.2) is 12.1 Å². The predicted molar refractivity (Wildman–Crippen MR) is 62.8 cm³/mol. The molecule has 0 heterocycles. The molecule has 0 aliphatic carbocycles. The molecule has 1 aromatic rings. The lowest BCUT2D eigenvalue weighted by Crippen LogP contribution is -2.22. The highest BCUT2D eigenvalue weighted by atomic mass is 19.1. The van der Waals surface area contributed by atoms with Gasteiger partial charge in [-0.1, -0.05) is 6.07 Å². The van der Waals surface area contributed by atoms with Crippen LogP contribution in [0, 0.1) is 17.1 Å². The minimum absolute atomic E-state index is 0.239. The second kappa shape index (κ2) is 4.42. The van der Waals surface area contributed by atoms with Crippen molar-refractivity contribution in [3.05, 3.63) is 29.1 Å². The third kappa shape index (κ3) is 2.21. The van der Waals surface area contributed by atoms with Crippen LogP contribution < -0.4 is 11.1 Å². The molecule has 0 radical (unpaired) electrons. The van der Waals surface area contributed by atoms with Gasteiger partial charge in [0, 0.05) is 11.1 Å². The third-order valence-electron chi connectivity index (χ3n) is 2.49. The molecule has 0 unspecified atom stereocenters. The fraction of sp³-hybridized carbons (Fsp3) is 0.333. The van der Waals surface area contributed by atoms with Crippen molar-refractivity contribution < 1.29 is 13.3 Å². The van der Waals surface area contributed by atoms with E-state index in [1.807, 2.05) is 6.07 Å². The summed E-state index contributed by atoms with van der Waals surface area (Å²) >= 11 is 0. The fourth-order valence-corrected chi connectivity index (χ4v) is 1.44. The minimum Gasteiger partial charge on any atom is -0.396 e. The van der Waals surface area contributed by atoms with Gasteiger partial charge in [0.15, 0.2) is 5.82 Å². The molecular formula is C12H14FN3O. The topological polar surface area (TPSA) is 78.9 Å². The lowest BCUT2D eigenvalue weighted by molar-refractivity contribution is 0.0959. The maximum Gasteiger partial charge on any atom is 0.254 e. The quantitative estimate of drug-likeness (QED) is 0.767. The Balaban J connectivity index is 3.27. The summed E-state index contributed by atoms with van der Waals surface area (Å²) in [7, 11) is 0. The van der Waals surface area contributed by atoms with Crippen LogP contribution in [0.5, 0.6) is 0 Å². The van der Waals surface area contributed by atoms with Crippen LogP contribution >= 0.6 is 0 Å². The van der Waals surface area contributed by atoms with E-state index in [-0.39, 0.29) is 11.3 Å². The lowest BCUT2D eigenvalue weighted by atomic mass is 9.84. The Morgan fingerprint density at radius 3 is 2.82 bits per heavy atom. The number of benzene rings is 1. The molecule has 0 aliphatic heterocycles. The molecule has 90 valence electrons. The van der Waals surface area contributed by atoms with Gasteiger partial charge in [0.05, 0.1) is 22.7 Å². The van der Waals surface area contributed by atoms with Crippen molar-refractivity contribution in [2.75, 3.05) is 12.7 Å². The van der Waals surface area contributed by atoms with Crippen molar-refractivity contribution in [1.82, 2.24) is 5.32 Å². The van der Waals surface area contributed by atoms with Gasteiger partial charge in [-0.3, -0.25) is 4.79 Å². The molecule has 0 saturated carbocycles. The second-order valence-electron chi connectivity index (χ2n) is 4.08. The molecule has 0 saturated heterocycles. The van der Waals surface area contributed by atoms with E-state index in [9.17, 15) is 9.18 Å². The summed E-state index contributed by atoms with van der Waals surface area (Å²) < 4.78 is 34.8. The van der Waals surface area contributed by atoms with Crippen LogP contribution in [0.25, 0.3) is 0 Å². The van der Waals surface area contributed by atoms with Crippen LogP contribution in [0.2, 0.25) is 0 Å². The average Bonchev–Trinajstić information content (AvgIpc) is 2.29. The SMILES string of the molecule is [2H]C([2H])([2H])NC(=O)c1ccc(C(C)(C)C#N)c(N)c1F. The highest BCUT2D eigenvalue weighted by molar-refractivity contribution is 5.95. The number of amides is 1. The van der Waals surface area contributed by atoms with Crippen molar-refractivity contribution in [3.63, 3.8) is 0 Å². The van der Waals surface area contributed by atoms with E-state index in [1.165, 1.54) is 6.07 Å². The summed E-state index contributed by atoms with van der Waals surface area (Å²) in [6.07, 6.45) is 0. The zero-order valence-corrected chi connectivity index (χ0v) is 9.47. The molecule has 5 heteroatoms. The first-order valence-electron chi connectivity index (χ1n) is 6.32. The molecule has 0 bridgehead atoms. The number of anilines is 1. The average molecular weight is 238 g/mol. The number of hydrogen-bond donors (Lipinski definition) is 2. The molecule has 1 rings (SSSR count). The molecule has 0 spiro atoms. The number of halogens is 1. The van der Waals surface area contributed by atoms with Gasteiger partial charge in [-0.05, 0) is 25.5 Å². The number of nitriles is 1. The molecule has 3 N–H and O–H groups in total. The van der Waals surface area contributed by atoms with E-state index < -0.39 is 29.7 Å². The number of carbonyl (C=O) groups excluding carboxylic acids is 1. The van der Waals surface area contributed by atoms with Gasteiger partial charge in [-0.25, -0.2) is 4.39 Å². The third-order valence-corrected chi connectivity index (χ3v) is 2.49. The molecule has 4 nitrogen and oxygen atoms in total. The monoisotopic (exact) mass is 238 g/mol. The number of nitrogen functional groups attached to an aromatic ring is 1. The van der Waals surface area contributed by atoms with Crippen LogP contribution in [0.3, 0.4) is 0 Å². The summed E-state index contributed by atoms with van der Waals surface area (Å²) in [6.45, 7) is 0.392. The lowest BCUT2D eigenvalue weighted by Gasteiger charge is -2.19. The Labute approximate surface area is 103 Å². The number of hydrogen-bond acceptors (Lipinski definition) is 3. The van der Waals surface area contributed by atoms with Gasteiger partial charge >= 0.3 is 0 Å². The summed E-state index contributed by atoms with van der Waals surface area (Å²) in [5, 5.41) is 10.7. The normalized spacial score (nSPS) is 14.1. The summed E-state index contributed by atoms with van der Waals surface area (Å²) in [5.74, 6) is -2.12. The van der Waals surface area contributed by atoms with Crippen molar-refractivity contribution in [2.24, 2.45) is 0 Å². The molecule has 0 aromatic heterocycles. The number of rotatable bonds is 2. The van der Waals surface area contributed by atoms with E-state index in [1.54, 1.807) is 19.2 Å². The Morgan fingerprint density at radius 1 is 1.65 bits per heavy atom. The fourth-order valence-electron chi connectivity index (χ4n) is 1.44. The van der Waals surface area contributed by atoms with Crippen LogP contribution in [-0.4, -0.2) is 12.9 Å². The smallest absolute Gasteiger partial charge is 0.254 e. The van der Waals surface area contributed by atoms with Crippen molar-refractivity contribution in [3.8, 4) is 6.07 Å². The van der Waals surface area contributed by atoms with Gasteiger partial charge in [-0.2, -0.15) is 5.26 Å². The number of nitrogens with zero attached hydrogens (tertiary/aromatic N) is 1. The van der Waals surface area contributed by atoms with Gasteiger partial charge in [-0.15, -0.1) is 0 Å². The van der Waals surface area contributed by atoms with Crippen LogP contribution in [-0.2, 0) is 5.41 Å². The molecule has 1 aromatic carbocycles. The maximum absolute atomic E-state index is 14.1. The first kappa shape index (κ1) is 8.99. The number of nitrogens with two attached hydrogens (primary N) is 1. The first-order valence-corrected chi connectivity index (χ1v) is 4.82. The van der Waals surface area contributed by atoms with E-state index in [0.29, 0.717) is 0 Å². The summed E-state index contributed by atoms with van der Waals surface area (Å²) in [4.78, 5) is 11.6. The van der Waals surface area contributed by atoms with Gasteiger partial charge < -0.3 is 11.1 Å². The largest absolute Gasteiger partial charge is 0.396 e. The second-order valence-corrected chi connectivity index (χ2v) is 4.08. The van der Waals surface area contributed by atoms with Gasteiger partial charge in [0.25, 0.3) is 5.91 Å². The van der Waals surface area contributed by atoms with Crippen molar-refractivity contribution >= 4 is 11.6 Å². The van der Waals surface area contributed by atoms with Crippen LogP contribution in [0.1, 0.15) is 33.9 Å². The Hall–Kier alpha value is -2.09. The molecule has 1 amide bonds. The van der Waals surface area contributed by atoms with Gasteiger partial charge in [0.1, 0.15) is 0 Å². The molecule has 17 heavy (non-hydrogen) atoms. The zero-order chi connectivity index (χ0) is 15.7.